The van der Waals surface area contributed by atoms with Crippen molar-refractivity contribution >= 4 is 17.3 Å². The molecule has 60 valence electrons. The summed E-state index contributed by atoms with van der Waals surface area (Å²) in [6.45, 7) is 6.16. The van der Waals surface area contributed by atoms with E-state index in [1.54, 1.807) is 7.05 Å². The molecule has 0 amide bonds. The highest BCUT2D eigenvalue weighted by atomic mass is 32.1. The van der Waals surface area contributed by atoms with Crippen molar-refractivity contribution in [3.63, 3.8) is 0 Å². The van der Waals surface area contributed by atoms with Gasteiger partial charge in [0.15, 0.2) is 5.11 Å². The molecule has 0 saturated heterocycles. The molecular formula is C6H15N3S. The zero-order valence-electron chi connectivity index (χ0n) is 6.91. The van der Waals surface area contributed by atoms with E-state index in [1.165, 1.54) is 0 Å². The van der Waals surface area contributed by atoms with Gasteiger partial charge in [-0.3, -0.25) is 5.43 Å². The van der Waals surface area contributed by atoms with E-state index in [2.05, 4.69) is 36.9 Å². The fourth-order valence-corrected chi connectivity index (χ4v) is 0.894. The molecule has 3 N–H and O–H groups in total. The highest BCUT2D eigenvalue weighted by molar-refractivity contribution is 7.80. The Labute approximate surface area is 67.5 Å². The van der Waals surface area contributed by atoms with E-state index in [-0.39, 0.29) is 5.54 Å². The summed E-state index contributed by atoms with van der Waals surface area (Å²) in [5, 5.41) is 3.70. The summed E-state index contributed by atoms with van der Waals surface area (Å²) < 4.78 is 0. The third kappa shape index (κ3) is 5.78. The predicted molar refractivity (Wildman–Crippen MR) is 47.7 cm³/mol. The summed E-state index contributed by atoms with van der Waals surface area (Å²) in [6.07, 6.45) is 0. The average molecular weight is 161 g/mol. The van der Waals surface area contributed by atoms with E-state index in [0.29, 0.717) is 5.11 Å². The average Bonchev–Trinajstić information content (AvgIpc) is 1.59. The summed E-state index contributed by atoms with van der Waals surface area (Å²) in [5.74, 6) is 0. The molecule has 0 aliphatic heterocycles. The van der Waals surface area contributed by atoms with Crippen LogP contribution >= 0.6 is 12.2 Å². The quantitative estimate of drug-likeness (QED) is 0.384. The van der Waals surface area contributed by atoms with Crippen LogP contribution in [0.4, 0.5) is 0 Å². The van der Waals surface area contributed by atoms with E-state index in [0.717, 1.165) is 0 Å². The molecule has 0 aromatic carbocycles. The lowest BCUT2D eigenvalue weighted by Crippen LogP contribution is -2.49. The van der Waals surface area contributed by atoms with E-state index in [1.807, 2.05) is 0 Å². The van der Waals surface area contributed by atoms with Crippen LogP contribution in [0.1, 0.15) is 20.8 Å². The van der Waals surface area contributed by atoms with Gasteiger partial charge in [0, 0.05) is 12.6 Å². The largest absolute Gasteiger partial charge is 0.357 e. The molecule has 0 spiro atoms. The van der Waals surface area contributed by atoms with Gasteiger partial charge in [-0.1, -0.05) is 0 Å². The summed E-state index contributed by atoms with van der Waals surface area (Å²) in [5.41, 5.74) is 5.54. The smallest absolute Gasteiger partial charge is 0.181 e. The lowest BCUT2D eigenvalue weighted by atomic mass is 10.1. The van der Waals surface area contributed by atoms with E-state index >= 15 is 0 Å². The first kappa shape index (κ1) is 9.65. The molecule has 0 aromatic rings. The molecule has 4 heteroatoms. The number of hydrazine groups is 1. The Morgan fingerprint density at radius 1 is 1.30 bits per heavy atom. The molecule has 0 fully saturated rings. The second kappa shape index (κ2) is 3.73. The molecule has 3 nitrogen and oxygen atoms in total. The van der Waals surface area contributed by atoms with Crippen molar-refractivity contribution < 1.29 is 0 Å². The first-order valence-electron chi connectivity index (χ1n) is 3.20. The van der Waals surface area contributed by atoms with Gasteiger partial charge in [-0.05, 0) is 33.0 Å². The van der Waals surface area contributed by atoms with Gasteiger partial charge in [-0.2, -0.15) is 0 Å². The lowest BCUT2D eigenvalue weighted by molar-refractivity contribution is 0.502. The monoisotopic (exact) mass is 161 g/mol. The van der Waals surface area contributed by atoms with Crippen LogP contribution in [0, 0.1) is 0 Å². The minimum atomic E-state index is 0.0287. The van der Waals surface area contributed by atoms with Gasteiger partial charge in [0.25, 0.3) is 0 Å². The molecule has 0 rings (SSSR count). The van der Waals surface area contributed by atoms with Gasteiger partial charge in [0.1, 0.15) is 0 Å². The van der Waals surface area contributed by atoms with Crippen molar-refractivity contribution in [2.24, 2.45) is 0 Å². The Kier molecular flexibility index (Phi) is 3.60. The highest BCUT2D eigenvalue weighted by Crippen LogP contribution is 1.96. The Bertz CT molecular complexity index is 117. The summed E-state index contributed by atoms with van der Waals surface area (Å²) >= 11 is 4.92. The van der Waals surface area contributed by atoms with Crippen molar-refractivity contribution in [1.29, 1.82) is 0 Å². The maximum Gasteiger partial charge on any atom is 0.181 e. The Hall–Kier alpha value is -0.350. The topological polar surface area (TPSA) is 36.1 Å². The van der Waals surface area contributed by atoms with Crippen molar-refractivity contribution in [3.8, 4) is 0 Å². The zero-order valence-corrected chi connectivity index (χ0v) is 7.72. The molecule has 0 bridgehead atoms. The Morgan fingerprint density at radius 2 is 1.80 bits per heavy atom. The second-order valence-corrected chi connectivity index (χ2v) is 3.49. The summed E-state index contributed by atoms with van der Waals surface area (Å²) in [6, 6.07) is 0. The van der Waals surface area contributed by atoms with Crippen LogP contribution in [0.15, 0.2) is 0 Å². The van der Waals surface area contributed by atoms with Crippen LogP contribution in [-0.2, 0) is 0 Å². The van der Waals surface area contributed by atoms with Gasteiger partial charge >= 0.3 is 0 Å². The van der Waals surface area contributed by atoms with Gasteiger partial charge < -0.3 is 5.32 Å². The van der Waals surface area contributed by atoms with Gasteiger partial charge in [-0.25, -0.2) is 5.43 Å². The SMILES string of the molecule is CNNC(=S)NC(C)(C)C. The summed E-state index contributed by atoms with van der Waals surface area (Å²) in [7, 11) is 1.77. The highest BCUT2D eigenvalue weighted by Gasteiger charge is 2.09. The maximum absolute atomic E-state index is 4.92. The van der Waals surface area contributed by atoms with Crippen LogP contribution < -0.4 is 16.2 Å². The standard InChI is InChI=1S/C6H15N3S/c1-6(2,3)8-5(10)9-7-4/h7H,1-4H3,(H2,8,9,10). The van der Waals surface area contributed by atoms with Gasteiger partial charge in [-0.15, -0.1) is 0 Å². The Morgan fingerprint density at radius 3 is 2.10 bits per heavy atom. The van der Waals surface area contributed by atoms with Gasteiger partial charge in [0.2, 0.25) is 0 Å². The van der Waals surface area contributed by atoms with Crippen molar-refractivity contribution in [2.75, 3.05) is 7.05 Å². The predicted octanol–water partition coefficient (Wildman–Crippen LogP) is 0.383. The fourth-order valence-electron chi connectivity index (χ4n) is 0.485. The number of nitrogens with one attached hydrogen (secondary N) is 3. The molecule has 0 aliphatic rings. The molecular weight excluding hydrogens is 146 g/mol. The van der Waals surface area contributed by atoms with Crippen LogP contribution in [0.3, 0.4) is 0 Å². The normalized spacial score (nSPS) is 10.8. The van der Waals surface area contributed by atoms with Crippen LogP contribution in [0.5, 0.6) is 0 Å². The van der Waals surface area contributed by atoms with E-state index in [9.17, 15) is 0 Å². The maximum atomic E-state index is 4.92. The first-order chi connectivity index (χ1) is 4.45. The molecule has 0 aliphatic carbocycles. The second-order valence-electron chi connectivity index (χ2n) is 3.08. The summed E-state index contributed by atoms with van der Waals surface area (Å²) in [4.78, 5) is 0. The minimum Gasteiger partial charge on any atom is -0.357 e. The minimum absolute atomic E-state index is 0.0287. The van der Waals surface area contributed by atoms with Crippen molar-refractivity contribution in [1.82, 2.24) is 16.2 Å². The molecule has 0 atom stereocenters. The van der Waals surface area contributed by atoms with Crippen molar-refractivity contribution in [3.05, 3.63) is 0 Å². The van der Waals surface area contributed by atoms with E-state index < -0.39 is 0 Å². The number of hydrogen-bond donors (Lipinski definition) is 3. The van der Waals surface area contributed by atoms with Crippen LogP contribution in [-0.4, -0.2) is 17.7 Å². The molecule has 0 unspecified atom stereocenters. The van der Waals surface area contributed by atoms with E-state index in [4.69, 9.17) is 12.2 Å². The number of rotatable bonds is 1. The third-order valence-corrected chi connectivity index (χ3v) is 0.931. The number of hydrogen-bond acceptors (Lipinski definition) is 2. The third-order valence-electron chi connectivity index (χ3n) is 0.727. The molecule has 0 saturated carbocycles. The molecule has 10 heavy (non-hydrogen) atoms. The Balaban J connectivity index is 3.58. The fraction of sp³-hybridized carbons (Fsp3) is 0.833. The van der Waals surface area contributed by atoms with Crippen LogP contribution in [0.25, 0.3) is 0 Å². The number of thiocarbonyl (C=S) groups is 1. The molecule has 0 radical (unpaired) electrons. The van der Waals surface area contributed by atoms with Crippen molar-refractivity contribution in [2.45, 2.75) is 26.3 Å². The van der Waals surface area contributed by atoms with Crippen LogP contribution in [0.2, 0.25) is 0 Å². The lowest BCUT2D eigenvalue weighted by Gasteiger charge is -2.22. The first-order valence-corrected chi connectivity index (χ1v) is 3.61. The van der Waals surface area contributed by atoms with Gasteiger partial charge in [0.05, 0.1) is 0 Å². The molecule has 0 aromatic heterocycles. The zero-order chi connectivity index (χ0) is 8.20. The molecule has 0 heterocycles.